The van der Waals surface area contributed by atoms with Crippen molar-refractivity contribution in [3.63, 3.8) is 0 Å². The highest BCUT2D eigenvalue weighted by atomic mass is 19.1. The summed E-state index contributed by atoms with van der Waals surface area (Å²) in [6, 6.07) is 10.1. The van der Waals surface area contributed by atoms with E-state index in [1.54, 1.807) is 47.2 Å². The monoisotopic (exact) mass is 286 g/mol. The van der Waals surface area contributed by atoms with Crippen molar-refractivity contribution in [3.8, 4) is 5.75 Å². The second-order valence-electron chi connectivity index (χ2n) is 5.06. The number of halogens is 1. The molecule has 1 N–H and O–H groups in total. The Kier molecular flexibility index (Phi) is 3.05. The lowest BCUT2D eigenvalue weighted by Crippen LogP contribution is -2.39. The van der Waals surface area contributed by atoms with Crippen LogP contribution in [0.15, 0.2) is 55.0 Å². The van der Waals surface area contributed by atoms with Crippen molar-refractivity contribution in [1.82, 2.24) is 9.13 Å². The van der Waals surface area contributed by atoms with Crippen LogP contribution < -0.4 is 0 Å². The molecule has 0 fully saturated rings. The fourth-order valence-electron chi connectivity index (χ4n) is 2.52. The van der Waals surface area contributed by atoms with Crippen molar-refractivity contribution >= 4 is 16.7 Å². The molecule has 1 atom stereocenters. The van der Waals surface area contributed by atoms with E-state index in [1.165, 1.54) is 23.9 Å². The van der Waals surface area contributed by atoms with Gasteiger partial charge in [0.15, 0.2) is 5.78 Å². The van der Waals surface area contributed by atoms with Gasteiger partial charge in [-0.3, -0.25) is 4.79 Å². The van der Waals surface area contributed by atoms with Gasteiger partial charge in [-0.2, -0.15) is 0 Å². The van der Waals surface area contributed by atoms with Crippen LogP contribution in [0.4, 0.5) is 4.39 Å². The van der Waals surface area contributed by atoms with E-state index in [1.807, 2.05) is 0 Å². The first kappa shape index (κ1) is 13.4. The number of phenols is 1. The molecule has 3 aromatic rings. The molecule has 0 bridgehead atoms. The standard InChI is InChI=1S/C16H15FN2O2/c1-12(20)16(17,19-8-2-3-9-19)11-18-10-7-13-14(18)5-4-6-15(13)21/h2-10,21H,11H2,1H3. The van der Waals surface area contributed by atoms with E-state index >= 15 is 4.39 Å². The number of carbonyl (C=O) groups is 1. The zero-order valence-electron chi connectivity index (χ0n) is 11.5. The molecule has 3 rings (SSSR count). The maximum atomic E-state index is 15.2. The van der Waals surface area contributed by atoms with E-state index in [-0.39, 0.29) is 12.3 Å². The third kappa shape index (κ3) is 2.11. The van der Waals surface area contributed by atoms with E-state index in [2.05, 4.69) is 0 Å². The summed E-state index contributed by atoms with van der Waals surface area (Å²) < 4.78 is 18.1. The quantitative estimate of drug-likeness (QED) is 0.801. The number of carbonyl (C=O) groups excluding carboxylic acids is 1. The third-order valence-electron chi connectivity index (χ3n) is 3.72. The highest BCUT2D eigenvalue weighted by molar-refractivity contribution is 5.87. The van der Waals surface area contributed by atoms with Gasteiger partial charge in [-0.1, -0.05) is 6.07 Å². The second kappa shape index (κ2) is 4.77. The van der Waals surface area contributed by atoms with E-state index in [9.17, 15) is 9.90 Å². The van der Waals surface area contributed by atoms with Crippen molar-refractivity contribution < 1.29 is 14.3 Å². The van der Waals surface area contributed by atoms with Gasteiger partial charge in [-0.15, -0.1) is 0 Å². The molecule has 1 aromatic carbocycles. The van der Waals surface area contributed by atoms with Gasteiger partial charge >= 0.3 is 0 Å². The van der Waals surface area contributed by atoms with E-state index in [0.29, 0.717) is 10.9 Å². The van der Waals surface area contributed by atoms with Crippen molar-refractivity contribution in [2.45, 2.75) is 19.3 Å². The number of hydrogen-bond acceptors (Lipinski definition) is 2. The molecule has 1 unspecified atom stereocenters. The highest BCUT2D eigenvalue weighted by Crippen LogP contribution is 2.29. The van der Waals surface area contributed by atoms with Gasteiger partial charge < -0.3 is 14.2 Å². The number of nitrogens with zero attached hydrogens (tertiary/aromatic N) is 2. The molecule has 0 radical (unpaired) electrons. The maximum absolute atomic E-state index is 15.2. The minimum absolute atomic E-state index is 0.138. The number of rotatable bonds is 4. The summed E-state index contributed by atoms with van der Waals surface area (Å²) in [4.78, 5) is 11.8. The molecule has 0 spiro atoms. The van der Waals surface area contributed by atoms with E-state index in [0.717, 1.165) is 0 Å². The van der Waals surface area contributed by atoms with E-state index in [4.69, 9.17) is 0 Å². The minimum Gasteiger partial charge on any atom is -0.507 e. The summed E-state index contributed by atoms with van der Waals surface area (Å²) in [7, 11) is 0. The van der Waals surface area contributed by atoms with Crippen LogP contribution in [0.2, 0.25) is 0 Å². The van der Waals surface area contributed by atoms with E-state index < -0.39 is 11.6 Å². The summed E-state index contributed by atoms with van der Waals surface area (Å²) in [5.41, 5.74) is 0.686. The number of Topliss-reactive ketones (excluding diaryl/α,β-unsaturated/α-hetero) is 1. The predicted octanol–water partition coefficient (Wildman–Crippen LogP) is 3.06. The fraction of sp³-hybridized carbons (Fsp3) is 0.188. The van der Waals surface area contributed by atoms with Crippen molar-refractivity contribution in [1.29, 1.82) is 0 Å². The van der Waals surface area contributed by atoms with Crippen LogP contribution in [0.3, 0.4) is 0 Å². The first-order valence-corrected chi connectivity index (χ1v) is 6.62. The molecule has 0 aliphatic carbocycles. The predicted molar refractivity (Wildman–Crippen MR) is 77.8 cm³/mol. The Balaban J connectivity index is 2.07. The summed E-state index contributed by atoms with van der Waals surface area (Å²) in [5, 5.41) is 10.4. The van der Waals surface area contributed by atoms with Crippen LogP contribution in [-0.2, 0) is 17.1 Å². The number of phenolic OH excluding ortho intramolecular Hbond substituents is 1. The van der Waals surface area contributed by atoms with Gasteiger partial charge in [0.05, 0.1) is 12.1 Å². The SMILES string of the molecule is CC(=O)C(F)(Cn1ccc2c(O)cccc21)n1cccc1. The molecule has 2 heterocycles. The van der Waals surface area contributed by atoms with Crippen LogP contribution in [0.25, 0.3) is 10.9 Å². The van der Waals surface area contributed by atoms with Crippen LogP contribution in [-0.4, -0.2) is 20.0 Å². The van der Waals surface area contributed by atoms with Gasteiger partial charge in [0.2, 0.25) is 0 Å². The zero-order chi connectivity index (χ0) is 15.0. The van der Waals surface area contributed by atoms with Crippen LogP contribution >= 0.6 is 0 Å². The van der Waals surface area contributed by atoms with Gasteiger partial charge in [-0.25, -0.2) is 4.39 Å². The van der Waals surface area contributed by atoms with Crippen LogP contribution in [0.1, 0.15) is 6.92 Å². The Hall–Kier alpha value is -2.56. The van der Waals surface area contributed by atoms with Gasteiger partial charge in [0, 0.05) is 24.0 Å². The topological polar surface area (TPSA) is 47.2 Å². The lowest BCUT2D eigenvalue weighted by Gasteiger charge is -2.25. The molecule has 0 saturated heterocycles. The molecule has 0 amide bonds. The van der Waals surface area contributed by atoms with Crippen molar-refractivity contribution in [2.24, 2.45) is 0 Å². The molecule has 21 heavy (non-hydrogen) atoms. The molecule has 2 aromatic heterocycles. The van der Waals surface area contributed by atoms with Crippen molar-refractivity contribution in [3.05, 3.63) is 55.0 Å². The smallest absolute Gasteiger partial charge is 0.262 e. The number of ketones is 1. The lowest BCUT2D eigenvalue weighted by molar-refractivity contribution is -0.136. The van der Waals surface area contributed by atoms with Gasteiger partial charge in [0.1, 0.15) is 5.75 Å². The van der Waals surface area contributed by atoms with Crippen LogP contribution in [0.5, 0.6) is 5.75 Å². The van der Waals surface area contributed by atoms with Crippen LogP contribution in [0, 0.1) is 0 Å². The first-order chi connectivity index (χ1) is 10.0. The molecule has 0 aliphatic rings. The Morgan fingerprint density at radius 3 is 2.57 bits per heavy atom. The molecular weight excluding hydrogens is 271 g/mol. The minimum atomic E-state index is -2.15. The average Bonchev–Trinajstić information content (AvgIpc) is 3.09. The molecule has 4 nitrogen and oxygen atoms in total. The van der Waals surface area contributed by atoms with Gasteiger partial charge in [0.25, 0.3) is 5.79 Å². The molecular formula is C16H15FN2O2. The normalized spacial score (nSPS) is 14.2. The largest absolute Gasteiger partial charge is 0.507 e. The highest BCUT2D eigenvalue weighted by Gasteiger charge is 2.37. The number of fused-ring (bicyclic) bond motifs is 1. The summed E-state index contributed by atoms with van der Waals surface area (Å²) >= 11 is 0. The molecule has 0 aliphatic heterocycles. The second-order valence-corrected chi connectivity index (χ2v) is 5.06. The average molecular weight is 286 g/mol. The third-order valence-corrected chi connectivity index (χ3v) is 3.72. The Morgan fingerprint density at radius 2 is 1.90 bits per heavy atom. The molecule has 108 valence electrons. The summed E-state index contributed by atoms with van der Waals surface area (Å²) in [5.74, 6) is -2.58. The first-order valence-electron chi connectivity index (χ1n) is 6.62. The maximum Gasteiger partial charge on any atom is 0.262 e. The zero-order valence-corrected chi connectivity index (χ0v) is 11.5. The lowest BCUT2D eigenvalue weighted by atomic mass is 10.1. The fourth-order valence-corrected chi connectivity index (χ4v) is 2.52. The molecule has 5 heteroatoms. The summed E-state index contributed by atoms with van der Waals surface area (Å²) in [6.07, 6.45) is 4.74. The molecule has 0 saturated carbocycles. The van der Waals surface area contributed by atoms with Gasteiger partial charge in [-0.05, 0) is 37.3 Å². The van der Waals surface area contributed by atoms with Crippen molar-refractivity contribution in [2.75, 3.05) is 0 Å². The Morgan fingerprint density at radius 1 is 1.19 bits per heavy atom. The summed E-state index contributed by atoms with van der Waals surface area (Å²) in [6.45, 7) is 1.09. The number of benzene rings is 1. The Labute approximate surface area is 121 Å². The number of hydrogen-bond donors (Lipinski definition) is 1. The Bertz CT molecular complexity index is 792. The number of aromatic hydroxyl groups is 1. The number of alkyl halides is 1. The number of aromatic nitrogens is 2.